The van der Waals surface area contributed by atoms with Gasteiger partial charge < -0.3 is 20.1 Å². The van der Waals surface area contributed by atoms with E-state index in [1.807, 2.05) is 43.3 Å². The first kappa shape index (κ1) is 19.9. The lowest BCUT2D eigenvalue weighted by atomic mass is 10.1. The van der Waals surface area contributed by atoms with Gasteiger partial charge in [0.2, 0.25) is 0 Å². The maximum absolute atomic E-state index is 6.03. The molecule has 0 aliphatic carbocycles. The van der Waals surface area contributed by atoms with Crippen LogP contribution in [0.25, 0.3) is 0 Å². The number of para-hydroxylation sites is 1. The van der Waals surface area contributed by atoms with Crippen LogP contribution in [0, 0.1) is 0 Å². The Hall–Kier alpha value is -2.40. The lowest BCUT2D eigenvalue weighted by Crippen LogP contribution is -2.38. The molecule has 6 heteroatoms. The van der Waals surface area contributed by atoms with Crippen molar-refractivity contribution in [3.8, 4) is 11.5 Å². The molecule has 2 aromatic carbocycles. The number of nitrogens with one attached hydrogen (secondary N) is 2. The Morgan fingerprint density at radius 1 is 1.08 bits per heavy atom. The molecule has 0 aliphatic heterocycles. The summed E-state index contributed by atoms with van der Waals surface area (Å²) in [5.41, 5.74) is 2.16. The fraction of sp³-hybridized carbons (Fsp3) is 0.350. The Morgan fingerprint density at radius 2 is 1.88 bits per heavy atom. The number of ether oxygens (including phenoxy) is 2. The molecule has 26 heavy (non-hydrogen) atoms. The van der Waals surface area contributed by atoms with E-state index < -0.39 is 0 Å². The van der Waals surface area contributed by atoms with Gasteiger partial charge in [-0.2, -0.15) is 0 Å². The smallest absolute Gasteiger partial charge is 0.191 e. The Bertz CT molecular complexity index is 735. The Morgan fingerprint density at radius 3 is 2.58 bits per heavy atom. The summed E-state index contributed by atoms with van der Waals surface area (Å²) in [5, 5.41) is 7.36. The second kappa shape index (κ2) is 10.6. The lowest BCUT2D eigenvalue weighted by molar-refractivity contribution is 0.352. The molecule has 0 saturated heterocycles. The van der Waals surface area contributed by atoms with Gasteiger partial charge in [-0.3, -0.25) is 0 Å². The molecule has 0 bridgehead atoms. The van der Waals surface area contributed by atoms with E-state index in [9.17, 15) is 0 Å². The molecule has 0 aromatic heterocycles. The molecule has 0 heterocycles. The largest absolute Gasteiger partial charge is 0.493 e. The van der Waals surface area contributed by atoms with E-state index in [2.05, 4.69) is 21.7 Å². The van der Waals surface area contributed by atoms with Crippen LogP contribution in [0.1, 0.15) is 18.1 Å². The maximum atomic E-state index is 6.03. The minimum atomic E-state index is 0.493. The molecule has 0 amide bonds. The van der Waals surface area contributed by atoms with Crippen LogP contribution in [0.15, 0.2) is 47.5 Å². The second-order valence-electron chi connectivity index (χ2n) is 5.65. The number of methoxy groups -OCH3 is 2. The molecule has 0 spiro atoms. The predicted molar refractivity (Wildman–Crippen MR) is 108 cm³/mol. The van der Waals surface area contributed by atoms with E-state index >= 15 is 0 Å². The van der Waals surface area contributed by atoms with E-state index in [1.165, 1.54) is 5.56 Å². The molecular formula is C20H26ClN3O2. The molecule has 0 aliphatic rings. The Balaban J connectivity index is 2.00. The number of halogens is 1. The quantitative estimate of drug-likeness (QED) is 0.546. The van der Waals surface area contributed by atoms with Crippen LogP contribution < -0.4 is 20.1 Å². The number of hydrogen-bond donors (Lipinski definition) is 2. The molecule has 0 atom stereocenters. The van der Waals surface area contributed by atoms with Gasteiger partial charge in [-0.1, -0.05) is 35.9 Å². The first-order chi connectivity index (χ1) is 12.7. The number of guanidine groups is 1. The monoisotopic (exact) mass is 375 g/mol. The lowest BCUT2D eigenvalue weighted by Gasteiger charge is -2.13. The van der Waals surface area contributed by atoms with Crippen molar-refractivity contribution in [3.05, 3.63) is 58.6 Å². The van der Waals surface area contributed by atoms with Crippen molar-refractivity contribution < 1.29 is 9.47 Å². The van der Waals surface area contributed by atoms with Crippen molar-refractivity contribution in [1.29, 1.82) is 0 Å². The summed E-state index contributed by atoms with van der Waals surface area (Å²) >= 11 is 6.03. The van der Waals surface area contributed by atoms with Gasteiger partial charge in [-0.05, 0) is 37.1 Å². The van der Waals surface area contributed by atoms with Crippen LogP contribution in [0.3, 0.4) is 0 Å². The summed E-state index contributed by atoms with van der Waals surface area (Å²) in [6.45, 7) is 4.09. The van der Waals surface area contributed by atoms with E-state index in [4.69, 9.17) is 21.1 Å². The van der Waals surface area contributed by atoms with Crippen molar-refractivity contribution in [2.75, 3.05) is 27.3 Å². The van der Waals surface area contributed by atoms with Gasteiger partial charge in [-0.25, -0.2) is 4.99 Å². The second-order valence-corrected chi connectivity index (χ2v) is 6.09. The molecule has 2 N–H and O–H groups in total. The standard InChI is InChI=1S/C20H26ClN3O2/c1-4-22-20(23-12-11-15-7-5-9-17(21)13-15)24-14-16-8-6-10-18(25-2)19(16)26-3/h5-10,13H,4,11-12,14H2,1-3H3,(H2,22,23,24). The van der Waals surface area contributed by atoms with Gasteiger partial charge in [-0.15, -0.1) is 0 Å². The average molecular weight is 376 g/mol. The minimum absolute atomic E-state index is 0.493. The number of nitrogens with zero attached hydrogens (tertiary/aromatic N) is 1. The summed E-state index contributed by atoms with van der Waals surface area (Å²) in [6, 6.07) is 13.7. The Labute approximate surface area is 160 Å². The molecule has 0 radical (unpaired) electrons. The van der Waals surface area contributed by atoms with E-state index in [0.29, 0.717) is 18.0 Å². The van der Waals surface area contributed by atoms with Crippen molar-refractivity contribution >= 4 is 17.6 Å². The first-order valence-electron chi connectivity index (χ1n) is 8.64. The molecule has 0 saturated carbocycles. The van der Waals surface area contributed by atoms with E-state index in [1.54, 1.807) is 14.2 Å². The van der Waals surface area contributed by atoms with Crippen molar-refractivity contribution in [2.24, 2.45) is 4.99 Å². The van der Waals surface area contributed by atoms with Crippen LogP contribution in [0.2, 0.25) is 5.02 Å². The molecule has 5 nitrogen and oxygen atoms in total. The molecule has 140 valence electrons. The van der Waals surface area contributed by atoms with Gasteiger partial charge >= 0.3 is 0 Å². The predicted octanol–water partition coefficient (Wildman–Crippen LogP) is 3.66. The first-order valence-corrected chi connectivity index (χ1v) is 9.02. The number of aliphatic imine (C=N–C) groups is 1. The third-order valence-electron chi connectivity index (χ3n) is 3.83. The van der Waals surface area contributed by atoms with Crippen LogP contribution in [0.4, 0.5) is 0 Å². The number of benzene rings is 2. The average Bonchev–Trinajstić information content (AvgIpc) is 2.65. The molecule has 0 fully saturated rings. The van der Waals surface area contributed by atoms with E-state index in [0.717, 1.165) is 36.1 Å². The van der Waals surface area contributed by atoms with Gasteiger partial charge in [0.25, 0.3) is 0 Å². The highest BCUT2D eigenvalue weighted by atomic mass is 35.5. The minimum Gasteiger partial charge on any atom is -0.493 e. The molecule has 0 unspecified atom stereocenters. The van der Waals surface area contributed by atoms with Crippen LogP contribution >= 0.6 is 11.6 Å². The normalized spacial score (nSPS) is 11.2. The summed E-state index contributed by atoms with van der Waals surface area (Å²) in [7, 11) is 3.27. The summed E-state index contributed by atoms with van der Waals surface area (Å²) in [4.78, 5) is 4.65. The highest BCUT2D eigenvalue weighted by Gasteiger charge is 2.09. The van der Waals surface area contributed by atoms with Crippen LogP contribution in [-0.4, -0.2) is 33.3 Å². The summed E-state index contributed by atoms with van der Waals surface area (Å²) in [5.74, 6) is 2.19. The maximum Gasteiger partial charge on any atom is 0.191 e. The van der Waals surface area contributed by atoms with Gasteiger partial charge in [0.1, 0.15) is 0 Å². The van der Waals surface area contributed by atoms with Gasteiger partial charge in [0.15, 0.2) is 17.5 Å². The van der Waals surface area contributed by atoms with E-state index in [-0.39, 0.29) is 0 Å². The number of rotatable bonds is 8. The van der Waals surface area contributed by atoms with Crippen LogP contribution in [0.5, 0.6) is 11.5 Å². The molecular weight excluding hydrogens is 350 g/mol. The van der Waals surface area contributed by atoms with Crippen molar-refractivity contribution in [1.82, 2.24) is 10.6 Å². The highest BCUT2D eigenvalue weighted by Crippen LogP contribution is 2.31. The fourth-order valence-corrected chi connectivity index (χ4v) is 2.81. The molecule has 2 rings (SSSR count). The SMILES string of the molecule is CCNC(=NCc1cccc(OC)c1OC)NCCc1cccc(Cl)c1. The van der Waals surface area contributed by atoms with Gasteiger partial charge in [0.05, 0.1) is 20.8 Å². The summed E-state index contributed by atoms with van der Waals surface area (Å²) in [6.07, 6.45) is 0.869. The van der Waals surface area contributed by atoms with Crippen molar-refractivity contribution in [2.45, 2.75) is 19.9 Å². The van der Waals surface area contributed by atoms with Crippen LogP contribution in [-0.2, 0) is 13.0 Å². The fourth-order valence-electron chi connectivity index (χ4n) is 2.60. The third-order valence-corrected chi connectivity index (χ3v) is 4.07. The zero-order valence-corrected chi connectivity index (χ0v) is 16.3. The highest BCUT2D eigenvalue weighted by molar-refractivity contribution is 6.30. The van der Waals surface area contributed by atoms with Gasteiger partial charge in [0, 0.05) is 23.7 Å². The topological polar surface area (TPSA) is 54.9 Å². The zero-order valence-electron chi connectivity index (χ0n) is 15.5. The van der Waals surface area contributed by atoms with Crippen molar-refractivity contribution in [3.63, 3.8) is 0 Å². The summed E-state index contributed by atoms with van der Waals surface area (Å²) < 4.78 is 10.8. The Kier molecular flexibility index (Phi) is 8.09. The number of hydrogen-bond acceptors (Lipinski definition) is 3. The molecule has 2 aromatic rings. The third kappa shape index (κ3) is 5.85. The zero-order chi connectivity index (χ0) is 18.8.